The van der Waals surface area contributed by atoms with Crippen LogP contribution in [0.5, 0.6) is 0 Å². The first kappa shape index (κ1) is 12.8. The molecule has 0 unspecified atom stereocenters. The first-order chi connectivity index (χ1) is 7.63. The molecule has 4 N–H and O–H groups in total. The highest BCUT2D eigenvalue weighted by atomic mass is 16.4. The van der Waals surface area contributed by atoms with Crippen molar-refractivity contribution in [1.29, 1.82) is 0 Å². The number of amides is 2. The molecule has 0 spiro atoms. The molecular formula is C10H18N2O4. The van der Waals surface area contributed by atoms with Crippen molar-refractivity contribution in [1.82, 2.24) is 10.6 Å². The van der Waals surface area contributed by atoms with E-state index >= 15 is 0 Å². The molecular weight excluding hydrogens is 212 g/mol. The number of aliphatic carboxylic acids is 1. The van der Waals surface area contributed by atoms with E-state index in [9.17, 15) is 9.59 Å². The van der Waals surface area contributed by atoms with Crippen LogP contribution in [0.2, 0.25) is 0 Å². The number of carbonyl (C=O) groups excluding carboxylic acids is 1. The molecule has 0 aromatic heterocycles. The quantitative estimate of drug-likeness (QED) is 0.513. The molecule has 0 saturated heterocycles. The Kier molecular flexibility index (Phi) is 5.04. The predicted molar refractivity (Wildman–Crippen MR) is 57.0 cm³/mol. The number of aliphatic hydroxyl groups excluding tert-OH is 1. The summed E-state index contributed by atoms with van der Waals surface area (Å²) < 4.78 is 0. The van der Waals surface area contributed by atoms with Crippen LogP contribution in [-0.4, -0.2) is 41.4 Å². The minimum absolute atomic E-state index is 0.541. The molecule has 6 heteroatoms. The summed E-state index contributed by atoms with van der Waals surface area (Å²) in [4.78, 5) is 21.7. The normalized spacial score (nSPS) is 17.3. The maximum atomic E-state index is 11.2. The van der Waals surface area contributed by atoms with E-state index in [1.807, 2.05) is 0 Å². The maximum Gasteiger partial charge on any atom is 0.328 e. The topological polar surface area (TPSA) is 98.7 Å². The van der Waals surface area contributed by atoms with Gasteiger partial charge in [0, 0.05) is 6.54 Å². The number of carboxylic acids is 1. The van der Waals surface area contributed by atoms with E-state index < -0.39 is 24.6 Å². The first-order valence-electron chi connectivity index (χ1n) is 5.51. The Balaban J connectivity index is 2.11. The Morgan fingerprint density at radius 1 is 1.38 bits per heavy atom. The average molecular weight is 230 g/mol. The van der Waals surface area contributed by atoms with Gasteiger partial charge in [0.05, 0.1) is 6.61 Å². The summed E-state index contributed by atoms with van der Waals surface area (Å²) in [6.45, 7) is -0.0559. The number of rotatable bonds is 6. The monoisotopic (exact) mass is 230 g/mol. The fraction of sp³-hybridized carbons (Fsp3) is 0.800. The number of carboxylic acid groups (broad SMARTS) is 1. The lowest BCUT2D eigenvalue weighted by Crippen LogP contribution is -2.48. The Morgan fingerprint density at radius 3 is 2.50 bits per heavy atom. The van der Waals surface area contributed by atoms with Gasteiger partial charge in [-0.15, -0.1) is 0 Å². The van der Waals surface area contributed by atoms with Crippen LogP contribution in [-0.2, 0) is 4.79 Å². The third-order valence-electron chi connectivity index (χ3n) is 2.85. The van der Waals surface area contributed by atoms with Gasteiger partial charge in [-0.3, -0.25) is 0 Å². The van der Waals surface area contributed by atoms with Gasteiger partial charge in [0.2, 0.25) is 0 Å². The Hall–Kier alpha value is -1.30. The van der Waals surface area contributed by atoms with Crippen molar-refractivity contribution in [3.8, 4) is 0 Å². The summed E-state index contributed by atoms with van der Waals surface area (Å²) in [5.74, 6) is -0.537. The summed E-state index contributed by atoms with van der Waals surface area (Å²) in [7, 11) is 0. The fourth-order valence-corrected chi connectivity index (χ4v) is 1.57. The average Bonchev–Trinajstić information content (AvgIpc) is 2.17. The number of carbonyl (C=O) groups is 2. The van der Waals surface area contributed by atoms with Crippen LogP contribution in [0, 0.1) is 5.92 Å². The van der Waals surface area contributed by atoms with Crippen LogP contribution in [0.1, 0.15) is 25.7 Å². The van der Waals surface area contributed by atoms with E-state index in [-0.39, 0.29) is 0 Å². The number of hydrogen-bond acceptors (Lipinski definition) is 3. The van der Waals surface area contributed by atoms with Crippen molar-refractivity contribution < 1.29 is 19.8 Å². The number of urea groups is 1. The molecule has 1 rings (SSSR count). The lowest BCUT2D eigenvalue weighted by Gasteiger charge is -2.25. The number of nitrogens with one attached hydrogen (secondary N) is 2. The summed E-state index contributed by atoms with van der Waals surface area (Å²) in [6, 6.07) is -1.77. The molecule has 0 aliphatic heterocycles. The maximum absolute atomic E-state index is 11.2. The zero-order valence-corrected chi connectivity index (χ0v) is 9.11. The molecule has 0 bridgehead atoms. The van der Waals surface area contributed by atoms with Crippen molar-refractivity contribution in [2.45, 2.75) is 31.7 Å². The zero-order chi connectivity index (χ0) is 12.0. The summed E-state index contributed by atoms with van der Waals surface area (Å²) in [5.41, 5.74) is 0. The largest absolute Gasteiger partial charge is 0.480 e. The van der Waals surface area contributed by atoms with Crippen LogP contribution in [0.4, 0.5) is 4.79 Å². The second-order valence-corrected chi connectivity index (χ2v) is 4.06. The van der Waals surface area contributed by atoms with E-state index in [1.165, 1.54) is 19.3 Å². The molecule has 1 aliphatic rings. The van der Waals surface area contributed by atoms with E-state index in [4.69, 9.17) is 10.2 Å². The van der Waals surface area contributed by atoms with Gasteiger partial charge in [0.1, 0.15) is 0 Å². The molecule has 0 radical (unpaired) electrons. The van der Waals surface area contributed by atoms with Crippen LogP contribution >= 0.6 is 0 Å². The molecule has 6 nitrogen and oxygen atoms in total. The minimum atomic E-state index is -1.24. The van der Waals surface area contributed by atoms with Crippen molar-refractivity contribution in [2.75, 3.05) is 13.2 Å². The van der Waals surface area contributed by atoms with Crippen LogP contribution in [0.3, 0.4) is 0 Å². The van der Waals surface area contributed by atoms with Gasteiger partial charge in [-0.05, 0) is 12.3 Å². The van der Waals surface area contributed by atoms with Gasteiger partial charge in [0.15, 0.2) is 6.04 Å². The summed E-state index contributed by atoms with van der Waals surface area (Å²) in [6.07, 6.45) is 4.64. The Labute approximate surface area is 94.0 Å². The SMILES string of the molecule is O=C(NCCC1CCC1)N[C@H](CO)C(=O)O. The summed E-state index contributed by atoms with van der Waals surface area (Å²) in [5, 5.41) is 22.0. The Morgan fingerprint density at radius 2 is 2.06 bits per heavy atom. The van der Waals surface area contributed by atoms with E-state index in [2.05, 4.69) is 10.6 Å². The van der Waals surface area contributed by atoms with E-state index in [1.54, 1.807) is 0 Å². The van der Waals surface area contributed by atoms with Gasteiger partial charge in [0.25, 0.3) is 0 Å². The molecule has 92 valence electrons. The van der Waals surface area contributed by atoms with Gasteiger partial charge >= 0.3 is 12.0 Å². The molecule has 1 aliphatic carbocycles. The Bertz CT molecular complexity index is 253. The first-order valence-corrected chi connectivity index (χ1v) is 5.51. The second kappa shape index (κ2) is 6.32. The highest BCUT2D eigenvalue weighted by Crippen LogP contribution is 2.28. The van der Waals surface area contributed by atoms with Crippen molar-refractivity contribution in [3.05, 3.63) is 0 Å². The molecule has 0 heterocycles. The molecule has 2 amide bonds. The van der Waals surface area contributed by atoms with Crippen molar-refractivity contribution in [2.24, 2.45) is 5.92 Å². The molecule has 1 fully saturated rings. The van der Waals surface area contributed by atoms with Gasteiger partial charge < -0.3 is 20.8 Å². The zero-order valence-electron chi connectivity index (χ0n) is 9.11. The highest BCUT2D eigenvalue weighted by Gasteiger charge is 2.19. The lowest BCUT2D eigenvalue weighted by atomic mass is 9.83. The van der Waals surface area contributed by atoms with Crippen LogP contribution < -0.4 is 10.6 Å². The van der Waals surface area contributed by atoms with Crippen molar-refractivity contribution in [3.63, 3.8) is 0 Å². The second-order valence-electron chi connectivity index (χ2n) is 4.06. The van der Waals surface area contributed by atoms with Gasteiger partial charge in [-0.1, -0.05) is 19.3 Å². The van der Waals surface area contributed by atoms with Gasteiger partial charge in [-0.2, -0.15) is 0 Å². The van der Waals surface area contributed by atoms with Crippen LogP contribution in [0.25, 0.3) is 0 Å². The highest BCUT2D eigenvalue weighted by molar-refractivity contribution is 5.82. The van der Waals surface area contributed by atoms with Crippen molar-refractivity contribution >= 4 is 12.0 Å². The number of hydrogen-bond donors (Lipinski definition) is 4. The molecule has 0 aromatic rings. The third-order valence-corrected chi connectivity index (χ3v) is 2.85. The van der Waals surface area contributed by atoms with Gasteiger partial charge in [-0.25, -0.2) is 9.59 Å². The molecule has 16 heavy (non-hydrogen) atoms. The fourth-order valence-electron chi connectivity index (χ4n) is 1.57. The minimum Gasteiger partial charge on any atom is -0.480 e. The molecule has 0 aromatic carbocycles. The smallest absolute Gasteiger partial charge is 0.328 e. The van der Waals surface area contributed by atoms with E-state index in [0.717, 1.165) is 6.42 Å². The molecule has 1 atom stereocenters. The standard InChI is InChI=1S/C10H18N2O4/c13-6-8(9(14)15)12-10(16)11-5-4-7-2-1-3-7/h7-8,13H,1-6H2,(H,14,15)(H2,11,12,16)/t8-/m1/s1. The third kappa shape index (κ3) is 4.06. The molecule has 1 saturated carbocycles. The predicted octanol–water partition coefficient (Wildman–Crippen LogP) is -0.0787. The lowest BCUT2D eigenvalue weighted by molar-refractivity contribution is -0.140. The summed E-state index contributed by atoms with van der Waals surface area (Å²) >= 11 is 0. The van der Waals surface area contributed by atoms with E-state index in [0.29, 0.717) is 12.5 Å². The van der Waals surface area contributed by atoms with Crippen LogP contribution in [0.15, 0.2) is 0 Å². The number of aliphatic hydroxyl groups is 1.